The zero-order chi connectivity index (χ0) is 14.7. The normalized spacial score (nSPS) is 12.4. The summed E-state index contributed by atoms with van der Waals surface area (Å²) in [5.41, 5.74) is 2.22. The number of hydrogen-bond donors (Lipinski definition) is 1. The van der Waals surface area contributed by atoms with Gasteiger partial charge >= 0.3 is 0 Å². The number of likely N-dealkylation sites (N-methyl/N-ethyl adjacent to an activating group) is 1. The zero-order valence-corrected chi connectivity index (χ0v) is 15.3. The van der Waals surface area contributed by atoms with Gasteiger partial charge in [-0.3, -0.25) is 0 Å². The van der Waals surface area contributed by atoms with Gasteiger partial charge in [-0.2, -0.15) is 0 Å². The number of rotatable bonds is 4. The van der Waals surface area contributed by atoms with Crippen LogP contribution < -0.4 is 5.32 Å². The van der Waals surface area contributed by atoms with Gasteiger partial charge in [-0.05, 0) is 77.5 Å². The SMILES string of the molecule is CNC(Cc1ccc(F)c(Cl)c1)c1cc(Br)ccc1I. The van der Waals surface area contributed by atoms with E-state index in [2.05, 4.69) is 56.0 Å². The zero-order valence-electron chi connectivity index (χ0n) is 10.8. The lowest BCUT2D eigenvalue weighted by Crippen LogP contribution is -2.20. The van der Waals surface area contributed by atoms with Crippen molar-refractivity contribution in [1.82, 2.24) is 5.32 Å². The molecule has 2 aromatic carbocycles. The predicted molar refractivity (Wildman–Crippen MR) is 93.8 cm³/mol. The van der Waals surface area contributed by atoms with Crippen LogP contribution in [0.3, 0.4) is 0 Å². The summed E-state index contributed by atoms with van der Waals surface area (Å²) in [4.78, 5) is 0. The van der Waals surface area contributed by atoms with Crippen LogP contribution in [0.5, 0.6) is 0 Å². The summed E-state index contributed by atoms with van der Waals surface area (Å²) in [5, 5.41) is 3.47. The molecule has 0 aliphatic heterocycles. The van der Waals surface area contributed by atoms with E-state index in [4.69, 9.17) is 11.6 Å². The second-order valence-corrected chi connectivity index (χ2v) is 6.94. The smallest absolute Gasteiger partial charge is 0.141 e. The highest BCUT2D eigenvalue weighted by atomic mass is 127. The van der Waals surface area contributed by atoms with E-state index in [9.17, 15) is 4.39 Å². The molecule has 1 unspecified atom stereocenters. The molecule has 2 aromatic rings. The van der Waals surface area contributed by atoms with Crippen LogP contribution in [0.25, 0.3) is 0 Å². The monoisotopic (exact) mass is 467 g/mol. The first-order valence-corrected chi connectivity index (χ1v) is 8.32. The molecule has 0 aliphatic carbocycles. The van der Waals surface area contributed by atoms with Crippen molar-refractivity contribution in [1.29, 1.82) is 0 Å². The fourth-order valence-corrected chi connectivity index (χ4v) is 3.34. The van der Waals surface area contributed by atoms with Crippen molar-refractivity contribution < 1.29 is 4.39 Å². The first kappa shape index (κ1) is 16.2. The van der Waals surface area contributed by atoms with E-state index in [1.165, 1.54) is 15.2 Å². The maximum atomic E-state index is 13.2. The van der Waals surface area contributed by atoms with Crippen molar-refractivity contribution in [3.05, 3.63) is 66.4 Å². The molecule has 0 saturated carbocycles. The fourth-order valence-electron chi connectivity index (χ4n) is 2.05. The maximum absolute atomic E-state index is 13.2. The maximum Gasteiger partial charge on any atom is 0.141 e. The van der Waals surface area contributed by atoms with E-state index >= 15 is 0 Å². The van der Waals surface area contributed by atoms with Crippen molar-refractivity contribution in [3.63, 3.8) is 0 Å². The molecule has 0 spiro atoms. The fraction of sp³-hybridized carbons (Fsp3) is 0.200. The number of nitrogens with one attached hydrogen (secondary N) is 1. The number of benzene rings is 2. The van der Waals surface area contributed by atoms with Gasteiger partial charge in [0.15, 0.2) is 0 Å². The number of hydrogen-bond acceptors (Lipinski definition) is 1. The molecular formula is C15H13BrClFIN. The molecule has 2 rings (SSSR count). The van der Waals surface area contributed by atoms with Crippen molar-refractivity contribution >= 4 is 50.1 Å². The third kappa shape index (κ3) is 3.93. The van der Waals surface area contributed by atoms with Gasteiger partial charge in [0.05, 0.1) is 5.02 Å². The second-order valence-electron chi connectivity index (χ2n) is 4.46. The van der Waals surface area contributed by atoms with Gasteiger partial charge in [-0.15, -0.1) is 0 Å². The van der Waals surface area contributed by atoms with E-state index in [1.807, 2.05) is 13.1 Å². The molecular weight excluding hydrogens is 455 g/mol. The minimum atomic E-state index is -0.381. The van der Waals surface area contributed by atoms with Gasteiger partial charge in [0.25, 0.3) is 0 Å². The van der Waals surface area contributed by atoms with Gasteiger partial charge < -0.3 is 5.32 Å². The Kier molecular flexibility index (Phi) is 5.84. The van der Waals surface area contributed by atoms with Gasteiger partial charge in [-0.1, -0.05) is 33.6 Å². The van der Waals surface area contributed by atoms with Crippen molar-refractivity contribution in [2.75, 3.05) is 7.05 Å². The van der Waals surface area contributed by atoms with E-state index in [0.717, 1.165) is 16.5 Å². The van der Waals surface area contributed by atoms with Crippen LogP contribution in [0, 0.1) is 9.39 Å². The quantitative estimate of drug-likeness (QED) is 0.597. The summed E-state index contributed by atoms with van der Waals surface area (Å²) in [6.45, 7) is 0. The lowest BCUT2D eigenvalue weighted by molar-refractivity contribution is 0.586. The van der Waals surface area contributed by atoms with Crippen LogP contribution in [0.15, 0.2) is 40.9 Å². The Morgan fingerprint density at radius 3 is 2.70 bits per heavy atom. The minimum absolute atomic E-state index is 0.154. The first-order valence-electron chi connectivity index (χ1n) is 6.07. The molecule has 1 N–H and O–H groups in total. The molecule has 0 aliphatic rings. The van der Waals surface area contributed by atoms with Gasteiger partial charge in [0.2, 0.25) is 0 Å². The number of halogens is 4. The van der Waals surface area contributed by atoms with Crippen molar-refractivity contribution in [3.8, 4) is 0 Å². The topological polar surface area (TPSA) is 12.0 Å². The van der Waals surface area contributed by atoms with Crippen LogP contribution in [-0.2, 0) is 6.42 Å². The Bertz CT molecular complexity index is 621. The van der Waals surface area contributed by atoms with Gasteiger partial charge in [0.1, 0.15) is 5.82 Å². The summed E-state index contributed by atoms with van der Waals surface area (Å²) in [6.07, 6.45) is 0.753. The molecule has 1 atom stereocenters. The second kappa shape index (κ2) is 7.20. The van der Waals surface area contributed by atoms with Crippen molar-refractivity contribution in [2.24, 2.45) is 0 Å². The molecule has 20 heavy (non-hydrogen) atoms. The van der Waals surface area contributed by atoms with Crippen LogP contribution in [0.1, 0.15) is 17.2 Å². The summed E-state index contributed by atoms with van der Waals surface area (Å²) in [7, 11) is 1.92. The van der Waals surface area contributed by atoms with Crippen LogP contribution in [0.4, 0.5) is 4.39 Å². The summed E-state index contributed by atoms with van der Waals surface area (Å²) < 4.78 is 15.4. The highest BCUT2D eigenvalue weighted by molar-refractivity contribution is 14.1. The molecule has 0 saturated heterocycles. The minimum Gasteiger partial charge on any atom is -0.313 e. The summed E-state index contributed by atoms with van der Waals surface area (Å²) >= 11 is 11.7. The molecule has 106 valence electrons. The average molecular weight is 469 g/mol. The van der Waals surface area contributed by atoms with E-state index in [1.54, 1.807) is 12.1 Å². The Morgan fingerprint density at radius 2 is 2.05 bits per heavy atom. The molecule has 0 fully saturated rings. The molecule has 0 aromatic heterocycles. The first-order chi connectivity index (χ1) is 9.51. The van der Waals surface area contributed by atoms with Gasteiger partial charge in [-0.25, -0.2) is 4.39 Å². The third-order valence-electron chi connectivity index (χ3n) is 3.11. The molecule has 5 heteroatoms. The van der Waals surface area contributed by atoms with Crippen LogP contribution in [-0.4, -0.2) is 7.05 Å². The Morgan fingerprint density at radius 1 is 1.30 bits per heavy atom. The molecule has 0 amide bonds. The average Bonchev–Trinajstić information content (AvgIpc) is 2.43. The molecule has 1 nitrogen and oxygen atoms in total. The highest BCUT2D eigenvalue weighted by Gasteiger charge is 2.14. The summed E-state index contributed by atoms with van der Waals surface area (Å²) in [5.74, 6) is -0.381. The summed E-state index contributed by atoms with van der Waals surface area (Å²) in [6, 6.07) is 11.2. The largest absolute Gasteiger partial charge is 0.313 e. The third-order valence-corrected chi connectivity index (χ3v) is 4.87. The van der Waals surface area contributed by atoms with E-state index in [-0.39, 0.29) is 16.9 Å². The lowest BCUT2D eigenvalue weighted by atomic mass is 9.99. The standard InChI is InChI=1S/C15H13BrClFIN/c1-20-15(11-8-10(16)3-5-14(11)19)7-9-2-4-13(18)12(17)6-9/h2-6,8,15,20H,7H2,1H3. The predicted octanol–water partition coefficient (Wildman–Crippen LogP) is 5.35. The Balaban J connectivity index is 2.28. The Labute approximate surface area is 145 Å². The van der Waals surface area contributed by atoms with Crippen LogP contribution >= 0.6 is 50.1 Å². The lowest BCUT2D eigenvalue weighted by Gasteiger charge is -2.19. The molecule has 0 heterocycles. The van der Waals surface area contributed by atoms with E-state index in [0.29, 0.717) is 0 Å². The molecule has 0 radical (unpaired) electrons. The van der Waals surface area contributed by atoms with Crippen molar-refractivity contribution in [2.45, 2.75) is 12.5 Å². The van der Waals surface area contributed by atoms with E-state index < -0.39 is 0 Å². The van der Waals surface area contributed by atoms with Crippen LogP contribution in [0.2, 0.25) is 5.02 Å². The Hall–Kier alpha value is -0.170. The van der Waals surface area contributed by atoms with Gasteiger partial charge in [0, 0.05) is 14.1 Å². The highest BCUT2D eigenvalue weighted by Crippen LogP contribution is 2.27. The molecule has 0 bridgehead atoms.